The van der Waals surface area contributed by atoms with Crippen LogP contribution in [0.3, 0.4) is 0 Å². The predicted octanol–water partition coefficient (Wildman–Crippen LogP) is 1.90. The van der Waals surface area contributed by atoms with Gasteiger partial charge in [-0.3, -0.25) is 0 Å². The molecule has 15 heavy (non-hydrogen) atoms. The third kappa shape index (κ3) is 3.30. The van der Waals surface area contributed by atoms with Crippen molar-refractivity contribution in [3.8, 4) is 0 Å². The first kappa shape index (κ1) is 11.1. The monoisotopic (exact) mass is 268 g/mol. The first-order chi connectivity index (χ1) is 7.24. The summed E-state index contributed by atoms with van der Waals surface area (Å²) in [5, 5.41) is 3.56. The fourth-order valence-corrected chi connectivity index (χ4v) is 2.52. The van der Waals surface area contributed by atoms with Gasteiger partial charge in [-0.1, -0.05) is 28.1 Å². The van der Waals surface area contributed by atoms with Crippen LogP contribution in [-0.4, -0.2) is 37.6 Å². The Hall–Kier alpha value is -0.380. The molecule has 0 bridgehead atoms. The number of likely N-dealkylation sites (N-methyl/N-ethyl adjacent to an activating group) is 1. The summed E-state index contributed by atoms with van der Waals surface area (Å²) >= 11 is 3.51. The molecule has 2 nitrogen and oxygen atoms in total. The topological polar surface area (TPSA) is 15.3 Å². The van der Waals surface area contributed by atoms with E-state index in [2.05, 4.69) is 57.5 Å². The summed E-state index contributed by atoms with van der Waals surface area (Å²) in [5.74, 6) is 0. The number of halogens is 1. The Morgan fingerprint density at radius 3 is 3.13 bits per heavy atom. The van der Waals surface area contributed by atoms with E-state index in [1.54, 1.807) is 0 Å². The maximum Gasteiger partial charge on any atom is 0.0235 e. The van der Waals surface area contributed by atoms with Gasteiger partial charge in [0.1, 0.15) is 0 Å². The van der Waals surface area contributed by atoms with Crippen LogP contribution in [0.4, 0.5) is 0 Å². The molecular formula is C12H17BrN2. The minimum absolute atomic E-state index is 0.595. The molecule has 0 aliphatic carbocycles. The SMILES string of the molecule is CN1CCNC(Cc2cccc(Br)c2)C1. The third-order valence-corrected chi connectivity index (χ3v) is 3.32. The third-order valence-electron chi connectivity index (χ3n) is 2.83. The van der Waals surface area contributed by atoms with E-state index in [4.69, 9.17) is 0 Å². The van der Waals surface area contributed by atoms with E-state index in [1.165, 1.54) is 10.0 Å². The van der Waals surface area contributed by atoms with Crippen LogP contribution in [0.25, 0.3) is 0 Å². The maximum absolute atomic E-state index is 3.56. The summed E-state index contributed by atoms with van der Waals surface area (Å²) in [7, 11) is 2.19. The molecule has 1 aliphatic rings. The number of rotatable bonds is 2. The number of benzene rings is 1. The van der Waals surface area contributed by atoms with Gasteiger partial charge in [0, 0.05) is 30.1 Å². The molecular weight excluding hydrogens is 252 g/mol. The zero-order chi connectivity index (χ0) is 10.7. The second-order valence-corrected chi connectivity index (χ2v) is 5.16. The second-order valence-electron chi connectivity index (χ2n) is 4.25. The Kier molecular flexibility index (Phi) is 3.78. The summed E-state index contributed by atoms with van der Waals surface area (Å²) in [5.41, 5.74) is 1.40. The second kappa shape index (κ2) is 5.10. The van der Waals surface area contributed by atoms with Gasteiger partial charge in [-0.2, -0.15) is 0 Å². The van der Waals surface area contributed by atoms with Crippen molar-refractivity contribution in [3.63, 3.8) is 0 Å². The van der Waals surface area contributed by atoms with Gasteiger partial charge in [0.05, 0.1) is 0 Å². The van der Waals surface area contributed by atoms with Gasteiger partial charge in [0.25, 0.3) is 0 Å². The van der Waals surface area contributed by atoms with Crippen LogP contribution >= 0.6 is 15.9 Å². The van der Waals surface area contributed by atoms with Gasteiger partial charge in [-0.05, 0) is 31.2 Å². The molecule has 1 atom stereocenters. The highest BCUT2D eigenvalue weighted by molar-refractivity contribution is 9.10. The van der Waals surface area contributed by atoms with Crippen molar-refractivity contribution < 1.29 is 0 Å². The minimum Gasteiger partial charge on any atom is -0.311 e. The summed E-state index contributed by atoms with van der Waals surface area (Å²) in [6, 6.07) is 9.17. The lowest BCUT2D eigenvalue weighted by Crippen LogP contribution is -2.49. The predicted molar refractivity (Wildman–Crippen MR) is 67.1 cm³/mol. The van der Waals surface area contributed by atoms with E-state index < -0.39 is 0 Å². The van der Waals surface area contributed by atoms with Crippen molar-refractivity contribution in [1.82, 2.24) is 10.2 Å². The van der Waals surface area contributed by atoms with Crippen molar-refractivity contribution in [2.45, 2.75) is 12.5 Å². The average molecular weight is 269 g/mol. The molecule has 0 aromatic heterocycles. The van der Waals surface area contributed by atoms with Crippen LogP contribution in [0.2, 0.25) is 0 Å². The Morgan fingerprint density at radius 1 is 1.53 bits per heavy atom. The molecule has 3 heteroatoms. The van der Waals surface area contributed by atoms with Crippen LogP contribution in [-0.2, 0) is 6.42 Å². The van der Waals surface area contributed by atoms with Crippen LogP contribution in [0, 0.1) is 0 Å². The average Bonchev–Trinajstić information content (AvgIpc) is 2.17. The number of hydrogen-bond donors (Lipinski definition) is 1. The van der Waals surface area contributed by atoms with E-state index in [9.17, 15) is 0 Å². The lowest BCUT2D eigenvalue weighted by Gasteiger charge is -2.31. The van der Waals surface area contributed by atoms with Crippen LogP contribution in [0.15, 0.2) is 28.7 Å². The largest absolute Gasteiger partial charge is 0.311 e. The van der Waals surface area contributed by atoms with Crippen LogP contribution < -0.4 is 5.32 Å². The number of piperazine rings is 1. The Bertz CT molecular complexity index is 327. The highest BCUT2D eigenvalue weighted by atomic mass is 79.9. The molecule has 82 valence electrons. The van der Waals surface area contributed by atoms with Crippen molar-refractivity contribution >= 4 is 15.9 Å². The fraction of sp³-hybridized carbons (Fsp3) is 0.500. The highest BCUT2D eigenvalue weighted by Gasteiger charge is 2.16. The molecule has 1 aliphatic heterocycles. The van der Waals surface area contributed by atoms with Gasteiger partial charge in [0.2, 0.25) is 0 Å². The molecule has 1 heterocycles. The molecule has 0 saturated carbocycles. The maximum atomic E-state index is 3.56. The zero-order valence-electron chi connectivity index (χ0n) is 9.04. The zero-order valence-corrected chi connectivity index (χ0v) is 10.6. The smallest absolute Gasteiger partial charge is 0.0235 e. The molecule has 1 aromatic rings. The Labute approximate surface area is 99.8 Å². The first-order valence-corrected chi connectivity index (χ1v) is 6.20. The van der Waals surface area contributed by atoms with Crippen LogP contribution in [0.1, 0.15) is 5.56 Å². The summed E-state index contributed by atoms with van der Waals surface area (Å²) in [4.78, 5) is 2.39. The Morgan fingerprint density at radius 2 is 2.40 bits per heavy atom. The number of hydrogen-bond acceptors (Lipinski definition) is 2. The van der Waals surface area contributed by atoms with E-state index in [-0.39, 0.29) is 0 Å². The normalized spacial score (nSPS) is 22.9. The molecule has 1 unspecified atom stereocenters. The lowest BCUT2D eigenvalue weighted by molar-refractivity contribution is 0.238. The van der Waals surface area contributed by atoms with Gasteiger partial charge < -0.3 is 10.2 Å². The van der Waals surface area contributed by atoms with E-state index in [0.717, 1.165) is 26.1 Å². The van der Waals surface area contributed by atoms with Gasteiger partial charge in [-0.15, -0.1) is 0 Å². The molecule has 0 spiro atoms. The van der Waals surface area contributed by atoms with E-state index in [0.29, 0.717) is 6.04 Å². The van der Waals surface area contributed by atoms with Gasteiger partial charge >= 0.3 is 0 Å². The molecule has 1 saturated heterocycles. The summed E-state index contributed by atoms with van der Waals surface area (Å²) in [6.45, 7) is 3.41. The van der Waals surface area contributed by atoms with Crippen molar-refractivity contribution in [3.05, 3.63) is 34.3 Å². The van der Waals surface area contributed by atoms with Crippen molar-refractivity contribution in [2.24, 2.45) is 0 Å². The first-order valence-electron chi connectivity index (χ1n) is 5.40. The lowest BCUT2D eigenvalue weighted by atomic mass is 10.0. The number of nitrogens with zero attached hydrogens (tertiary/aromatic N) is 1. The molecule has 0 amide bonds. The van der Waals surface area contributed by atoms with Crippen molar-refractivity contribution in [1.29, 1.82) is 0 Å². The van der Waals surface area contributed by atoms with Crippen molar-refractivity contribution in [2.75, 3.05) is 26.7 Å². The quantitative estimate of drug-likeness (QED) is 0.882. The minimum atomic E-state index is 0.595. The van der Waals surface area contributed by atoms with Gasteiger partial charge in [0.15, 0.2) is 0 Å². The summed E-state index contributed by atoms with van der Waals surface area (Å²) in [6.07, 6.45) is 1.11. The molecule has 2 rings (SSSR count). The van der Waals surface area contributed by atoms with E-state index in [1.807, 2.05) is 0 Å². The fourth-order valence-electron chi connectivity index (χ4n) is 2.08. The van der Waals surface area contributed by atoms with Gasteiger partial charge in [-0.25, -0.2) is 0 Å². The molecule has 1 N–H and O–H groups in total. The highest BCUT2D eigenvalue weighted by Crippen LogP contribution is 2.13. The standard InChI is InChI=1S/C12H17BrN2/c1-15-6-5-14-12(9-15)8-10-3-2-4-11(13)7-10/h2-4,7,12,14H,5-6,8-9H2,1H3. The molecule has 0 radical (unpaired) electrons. The number of nitrogens with one attached hydrogen (secondary N) is 1. The van der Waals surface area contributed by atoms with E-state index >= 15 is 0 Å². The molecule has 1 aromatic carbocycles. The molecule has 1 fully saturated rings. The van der Waals surface area contributed by atoms with Crippen LogP contribution in [0.5, 0.6) is 0 Å². The Balaban J connectivity index is 1.96. The summed E-state index contributed by atoms with van der Waals surface area (Å²) < 4.78 is 1.17.